The van der Waals surface area contributed by atoms with Gasteiger partial charge in [0.1, 0.15) is 5.60 Å². The van der Waals surface area contributed by atoms with Gasteiger partial charge < -0.3 is 19.1 Å². The summed E-state index contributed by atoms with van der Waals surface area (Å²) in [6.07, 6.45) is 1.85. The lowest BCUT2D eigenvalue weighted by Gasteiger charge is -2.26. The van der Waals surface area contributed by atoms with Gasteiger partial charge in [-0.2, -0.15) is 0 Å². The number of nitro groups is 1. The van der Waals surface area contributed by atoms with Crippen molar-refractivity contribution in [2.24, 2.45) is 11.8 Å². The first-order valence-corrected chi connectivity index (χ1v) is 11.0. The lowest BCUT2D eigenvalue weighted by molar-refractivity contribution is -0.384. The molecule has 172 valence electrons. The third-order valence-electron chi connectivity index (χ3n) is 6.03. The summed E-state index contributed by atoms with van der Waals surface area (Å²) in [5.41, 5.74) is 2.25. The van der Waals surface area contributed by atoms with Crippen LogP contribution in [-0.4, -0.2) is 57.2 Å². The van der Waals surface area contributed by atoms with E-state index in [9.17, 15) is 14.9 Å². The largest absolute Gasteiger partial charge is 0.444 e. The fourth-order valence-corrected chi connectivity index (χ4v) is 4.54. The summed E-state index contributed by atoms with van der Waals surface area (Å²) in [5, 5.41) is 11.3. The fraction of sp³-hybridized carbons (Fsp3) is 0.565. The molecule has 0 N–H and O–H groups in total. The second-order valence-corrected chi connectivity index (χ2v) is 10.0. The molecular weight excluding hydrogens is 410 g/mol. The van der Waals surface area contributed by atoms with Crippen molar-refractivity contribution in [3.05, 3.63) is 40.0 Å². The molecule has 32 heavy (non-hydrogen) atoms. The number of likely N-dealkylation sites (tertiary alicyclic amines) is 1. The van der Waals surface area contributed by atoms with Crippen LogP contribution < -0.4 is 4.90 Å². The molecule has 4 rings (SSSR count). The van der Waals surface area contributed by atoms with Crippen LogP contribution in [0.15, 0.2) is 29.8 Å². The lowest BCUT2D eigenvalue weighted by Crippen LogP contribution is -2.37. The molecule has 1 amide bonds. The highest BCUT2D eigenvalue weighted by Gasteiger charge is 2.43. The first-order chi connectivity index (χ1) is 15.0. The molecule has 2 aliphatic heterocycles. The number of carbonyl (C=O) groups is 1. The lowest BCUT2D eigenvalue weighted by atomic mass is 10.0. The Bertz CT molecular complexity index is 1070. The van der Waals surface area contributed by atoms with Crippen molar-refractivity contribution in [3.63, 3.8) is 0 Å². The number of carbonyl (C=O) groups excluding carboxylic acids is 1. The number of allylic oxidation sites excluding steroid dienone is 2. The van der Waals surface area contributed by atoms with Crippen LogP contribution in [0, 0.1) is 22.0 Å². The number of hydrogen-bond donors (Lipinski definition) is 0. The SMILES string of the molecule is CC(C)=CCn1c(N2CC3CN(C(=O)OC(C)(C)C)CC3C2)nc2ccc([N+](=O)[O-])cc21. The van der Waals surface area contributed by atoms with E-state index in [2.05, 4.69) is 15.5 Å². The quantitative estimate of drug-likeness (QED) is 0.401. The van der Waals surface area contributed by atoms with Gasteiger partial charge in [-0.05, 0) is 40.7 Å². The van der Waals surface area contributed by atoms with E-state index in [1.807, 2.05) is 39.5 Å². The van der Waals surface area contributed by atoms with Gasteiger partial charge in [-0.3, -0.25) is 10.1 Å². The van der Waals surface area contributed by atoms with E-state index in [4.69, 9.17) is 9.72 Å². The number of hydrogen-bond acceptors (Lipinski definition) is 6. The van der Waals surface area contributed by atoms with Crippen LogP contribution >= 0.6 is 0 Å². The monoisotopic (exact) mass is 441 g/mol. The number of imidazole rings is 1. The zero-order valence-electron chi connectivity index (χ0n) is 19.4. The number of non-ortho nitro benzene ring substituents is 1. The molecule has 2 atom stereocenters. The van der Waals surface area contributed by atoms with E-state index in [0.29, 0.717) is 31.5 Å². The van der Waals surface area contributed by atoms with Crippen molar-refractivity contribution in [3.8, 4) is 0 Å². The van der Waals surface area contributed by atoms with Gasteiger partial charge in [0, 0.05) is 56.7 Å². The standard InChI is InChI=1S/C23H31N5O4/c1-15(2)8-9-27-20-10-18(28(30)31)6-7-19(20)24-21(27)25-11-16-13-26(14-17(16)12-25)22(29)32-23(3,4)5/h6-8,10,16-17H,9,11-14H2,1-5H3. The number of nitrogens with zero attached hydrogens (tertiary/aromatic N) is 5. The molecule has 2 saturated heterocycles. The first-order valence-electron chi connectivity index (χ1n) is 11.0. The maximum atomic E-state index is 12.5. The number of fused-ring (bicyclic) bond motifs is 2. The minimum Gasteiger partial charge on any atom is -0.444 e. The molecule has 9 heteroatoms. The zero-order chi connectivity index (χ0) is 23.2. The van der Waals surface area contributed by atoms with Crippen molar-refractivity contribution in [1.29, 1.82) is 0 Å². The summed E-state index contributed by atoms with van der Waals surface area (Å²) in [6, 6.07) is 4.82. The fourth-order valence-electron chi connectivity index (χ4n) is 4.54. The van der Waals surface area contributed by atoms with Gasteiger partial charge in [-0.1, -0.05) is 11.6 Å². The van der Waals surface area contributed by atoms with Crippen LogP contribution in [-0.2, 0) is 11.3 Å². The van der Waals surface area contributed by atoms with Crippen molar-refractivity contribution in [1.82, 2.24) is 14.5 Å². The highest BCUT2D eigenvalue weighted by atomic mass is 16.6. The van der Waals surface area contributed by atoms with E-state index < -0.39 is 5.60 Å². The highest BCUT2D eigenvalue weighted by molar-refractivity contribution is 5.81. The molecule has 1 aromatic heterocycles. The third-order valence-corrected chi connectivity index (χ3v) is 6.03. The molecule has 1 aromatic carbocycles. The van der Waals surface area contributed by atoms with Gasteiger partial charge >= 0.3 is 6.09 Å². The van der Waals surface area contributed by atoms with Crippen LogP contribution in [0.25, 0.3) is 11.0 Å². The normalized spacial score (nSPS) is 20.5. The topological polar surface area (TPSA) is 93.7 Å². The Labute approximate surface area is 187 Å². The molecule has 0 saturated carbocycles. The van der Waals surface area contributed by atoms with E-state index >= 15 is 0 Å². The van der Waals surface area contributed by atoms with Crippen molar-refractivity contribution < 1.29 is 14.5 Å². The van der Waals surface area contributed by atoms with Crippen LogP contribution in [0.4, 0.5) is 16.4 Å². The summed E-state index contributed by atoms with van der Waals surface area (Å²) >= 11 is 0. The Morgan fingerprint density at radius 3 is 2.44 bits per heavy atom. The van der Waals surface area contributed by atoms with E-state index in [1.54, 1.807) is 12.1 Å². The second kappa shape index (κ2) is 8.11. The Hall–Kier alpha value is -3.10. The summed E-state index contributed by atoms with van der Waals surface area (Å²) in [4.78, 5) is 32.3. The molecule has 2 unspecified atom stereocenters. The predicted molar refractivity (Wildman–Crippen MR) is 123 cm³/mol. The summed E-state index contributed by atoms with van der Waals surface area (Å²) in [6.45, 7) is 13.3. The predicted octanol–water partition coefficient (Wildman–Crippen LogP) is 4.21. The molecule has 9 nitrogen and oxygen atoms in total. The molecule has 0 spiro atoms. The summed E-state index contributed by atoms with van der Waals surface area (Å²) in [7, 11) is 0. The number of anilines is 1. The van der Waals surface area contributed by atoms with Crippen LogP contribution in [0.2, 0.25) is 0 Å². The Morgan fingerprint density at radius 1 is 1.22 bits per heavy atom. The molecule has 0 aliphatic carbocycles. The number of nitro benzene ring substituents is 1. The molecule has 0 bridgehead atoms. The van der Waals surface area contributed by atoms with Crippen LogP contribution in [0.1, 0.15) is 34.6 Å². The number of aromatic nitrogens is 2. The molecule has 0 radical (unpaired) electrons. The minimum atomic E-state index is -0.501. The van der Waals surface area contributed by atoms with Crippen molar-refractivity contribution in [2.45, 2.75) is 46.8 Å². The van der Waals surface area contributed by atoms with Crippen molar-refractivity contribution >= 4 is 28.8 Å². The molecule has 2 fully saturated rings. The summed E-state index contributed by atoms with van der Waals surface area (Å²) < 4.78 is 7.60. The average Bonchev–Trinajstić information content (AvgIpc) is 3.35. The maximum absolute atomic E-state index is 12.5. The zero-order valence-corrected chi connectivity index (χ0v) is 19.4. The van der Waals surface area contributed by atoms with E-state index in [1.165, 1.54) is 11.6 Å². The second-order valence-electron chi connectivity index (χ2n) is 10.0. The number of ether oxygens (including phenoxy) is 1. The third kappa shape index (κ3) is 4.42. The van der Waals surface area contributed by atoms with Gasteiger partial charge in [0.15, 0.2) is 0 Å². The highest BCUT2D eigenvalue weighted by Crippen LogP contribution is 2.36. The number of rotatable bonds is 4. The first kappa shape index (κ1) is 22.1. The molecule has 2 aromatic rings. The van der Waals surface area contributed by atoms with Gasteiger partial charge in [0.2, 0.25) is 5.95 Å². The molecule has 2 aliphatic rings. The van der Waals surface area contributed by atoms with Crippen molar-refractivity contribution in [2.75, 3.05) is 31.1 Å². The van der Waals surface area contributed by atoms with Gasteiger partial charge in [0.25, 0.3) is 5.69 Å². The van der Waals surface area contributed by atoms with Gasteiger partial charge in [-0.25, -0.2) is 9.78 Å². The van der Waals surface area contributed by atoms with Crippen LogP contribution in [0.3, 0.4) is 0 Å². The maximum Gasteiger partial charge on any atom is 0.410 e. The molecule has 3 heterocycles. The van der Waals surface area contributed by atoms with E-state index in [-0.39, 0.29) is 16.7 Å². The minimum absolute atomic E-state index is 0.0636. The number of amides is 1. The van der Waals surface area contributed by atoms with Crippen LogP contribution in [0.5, 0.6) is 0 Å². The van der Waals surface area contributed by atoms with Gasteiger partial charge in [-0.15, -0.1) is 0 Å². The Balaban J connectivity index is 1.57. The molecular formula is C23H31N5O4. The Morgan fingerprint density at radius 2 is 1.88 bits per heavy atom. The Kier molecular flexibility index (Phi) is 5.60. The smallest absolute Gasteiger partial charge is 0.410 e. The average molecular weight is 442 g/mol. The summed E-state index contributed by atoms with van der Waals surface area (Å²) in [5.74, 6) is 1.54. The number of benzene rings is 1. The van der Waals surface area contributed by atoms with E-state index in [0.717, 1.165) is 30.1 Å². The van der Waals surface area contributed by atoms with Gasteiger partial charge in [0.05, 0.1) is 16.0 Å².